The Morgan fingerprint density at radius 2 is 2.00 bits per heavy atom. The van der Waals surface area contributed by atoms with Gasteiger partial charge in [0.1, 0.15) is 0 Å². The summed E-state index contributed by atoms with van der Waals surface area (Å²) in [5.74, 6) is 0. The van der Waals surface area contributed by atoms with E-state index in [1.165, 1.54) is 25.7 Å². The van der Waals surface area contributed by atoms with Crippen molar-refractivity contribution in [3.8, 4) is 0 Å². The van der Waals surface area contributed by atoms with Crippen LogP contribution in [-0.2, 0) is 0 Å². The summed E-state index contributed by atoms with van der Waals surface area (Å²) in [7, 11) is 0. The molecule has 3 nitrogen and oxygen atoms in total. The van der Waals surface area contributed by atoms with Gasteiger partial charge < -0.3 is 11.1 Å². The molecular formula is C18H27N3. The second-order valence-corrected chi connectivity index (χ2v) is 6.61. The molecule has 2 rings (SSSR count). The van der Waals surface area contributed by atoms with Crippen LogP contribution in [0.1, 0.15) is 46.5 Å². The fourth-order valence-electron chi connectivity index (χ4n) is 2.60. The summed E-state index contributed by atoms with van der Waals surface area (Å²) in [6, 6.07) is 7.94. The molecule has 0 radical (unpaired) electrons. The van der Waals surface area contributed by atoms with E-state index in [4.69, 9.17) is 5.73 Å². The molecule has 0 fully saturated rings. The number of unbranched alkanes of at least 4 members (excludes halogenated alkanes) is 2. The molecule has 3 N–H and O–H groups in total. The molecule has 0 saturated heterocycles. The summed E-state index contributed by atoms with van der Waals surface area (Å²) in [4.78, 5) is 4.39. The number of aromatic nitrogens is 1. The molecule has 3 heteroatoms. The molecule has 2 aromatic rings. The van der Waals surface area contributed by atoms with Crippen molar-refractivity contribution in [2.75, 3.05) is 17.6 Å². The maximum Gasteiger partial charge on any atom is 0.0743 e. The molecular weight excluding hydrogens is 258 g/mol. The van der Waals surface area contributed by atoms with Gasteiger partial charge in [-0.05, 0) is 36.1 Å². The zero-order chi connectivity index (χ0) is 15.3. The minimum absolute atomic E-state index is 0.304. The van der Waals surface area contributed by atoms with Crippen molar-refractivity contribution in [1.82, 2.24) is 4.98 Å². The molecule has 0 unspecified atom stereocenters. The molecule has 0 aliphatic heterocycles. The van der Waals surface area contributed by atoms with Crippen LogP contribution in [-0.4, -0.2) is 11.5 Å². The third kappa shape index (κ3) is 4.35. The van der Waals surface area contributed by atoms with Gasteiger partial charge in [0.25, 0.3) is 0 Å². The third-order valence-electron chi connectivity index (χ3n) is 3.98. The molecule has 0 amide bonds. The monoisotopic (exact) mass is 285 g/mol. The summed E-state index contributed by atoms with van der Waals surface area (Å²) < 4.78 is 0. The number of pyridine rings is 1. The Bertz CT molecular complexity index is 590. The average Bonchev–Trinajstić information content (AvgIpc) is 2.45. The average molecular weight is 285 g/mol. The lowest BCUT2D eigenvalue weighted by atomic mass is 9.87. The van der Waals surface area contributed by atoms with Crippen molar-refractivity contribution in [2.45, 2.75) is 46.5 Å². The van der Waals surface area contributed by atoms with Crippen molar-refractivity contribution in [3.05, 3.63) is 30.5 Å². The predicted octanol–water partition coefficient (Wildman–Crippen LogP) is 4.84. The van der Waals surface area contributed by atoms with Gasteiger partial charge in [0.15, 0.2) is 0 Å². The van der Waals surface area contributed by atoms with Gasteiger partial charge in [-0.15, -0.1) is 0 Å². The smallest absolute Gasteiger partial charge is 0.0743 e. The minimum Gasteiger partial charge on any atom is -0.399 e. The predicted molar refractivity (Wildman–Crippen MR) is 92.6 cm³/mol. The largest absolute Gasteiger partial charge is 0.399 e. The second-order valence-electron chi connectivity index (χ2n) is 6.61. The molecule has 0 saturated carbocycles. The number of nitrogens with zero attached hydrogens (tertiary/aromatic N) is 1. The van der Waals surface area contributed by atoms with E-state index in [0.717, 1.165) is 28.8 Å². The highest BCUT2D eigenvalue weighted by molar-refractivity contribution is 5.92. The molecule has 0 spiro atoms. The van der Waals surface area contributed by atoms with Crippen LogP contribution in [0.3, 0.4) is 0 Å². The minimum atomic E-state index is 0.304. The normalized spacial score (nSPS) is 11.8. The van der Waals surface area contributed by atoms with Gasteiger partial charge in [-0.1, -0.05) is 40.0 Å². The van der Waals surface area contributed by atoms with Crippen molar-refractivity contribution in [1.29, 1.82) is 0 Å². The molecule has 1 aromatic heterocycles. The number of nitrogen functional groups attached to an aromatic ring is 1. The van der Waals surface area contributed by atoms with Crippen LogP contribution in [0.5, 0.6) is 0 Å². The Labute approximate surface area is 128 Å². The molecule has 21 heavy (non-hydrogen) atoms. The van der Waals surface area contributed by atoms with E-state index in [2.05, 4.69) is 31.1 Å². The molecule has 0 aliphatic carbocycles. The van der Waals surface area contributed by atoms with Gasteiger partial charge in [-0.3, -0.25) is 4.98 Å². The van der Waals surface area contributed by atoms with E-state index in [0.29, 0.717) is 5.41 Å². The first-order valence-corrected chi connectivity index (χ1v) is 7.90. The topological polar surface area (TPSA) is 50.9 Å². The number of fused-ring (bicyclic) bond motifs is 1. The molecule has 114 valence electrons. The van der Waals surface area contributed by atoms with Crippen LogP contribution in [0, 0.1) is 5.41 Å². The summed E-state index contributed by atoms with van der Waals surface area (Å²) in [6.07, 6.45) is 7.00. The van der Waals surface area contributed by atoms with Gasteiger partial charge in [0.2, 0.25) is 0 Å². The lowest BCUT2D eigenvalue weighted by molar-refractivity contribution is 0.342. The summed E-state index contributed by atoms with van der Waals surface area (Å²) in [6.45, 7) is 7.88. The third-order valence-corrected chi connectivity index (χ3v) is 3.98. The van der Waals surface area contributed by atoms with Gasteiger partial charge >= 0.3 is 0 Å². The summed E-state index contributed by atoms with van der Waals surface area (Å²) >= 11 is 0. The van der Waals surface area contributed by atoms with Crippen LogP contribution >= 0.6 is 0 Å². The van der Waals surface area contributed by atoms with E-state index in [1.54, 1.807) is 0 Å². The van der Waals surface area contributed by atoms with Crippen molar-refractivity contribution >= 4 is 22.3 Å². The Balaban J connectivity index is 2.06. The quantitative estimate of drug-likeness (QED) is 0.565. The number of nitrogens with two attached hydrogens (primary N) is 1. The van der Waals surface area contributed by atoms with Crippen molar-refractivity contribution in [2.24, 2.45) is 5.41 Å². The maximum atomic E-state index is 5.82. The Morgan fingerprint density at radius 1 is 1.19 bits per heavy atom. The van der Waals surface area contributed by atoms with Crippen LogP contribution in [0.4, 0.5) is 11.4 Å². The van der Waals surface area contributed by atoms with Crippen LogP contribution in [0.2, 0.25) is 0 Å². The fraction of sp³-hybridized carbons (Fsp3) is 0.500. The Hall–Kier alpha value is -1.77. The Morgan fingerprint density at radius 3 is 2.76 bits per heavy atom. The number of benzene rings is 1. The SMILES string of the molecule is CCCCCC(C)(C)CNc1ccnc2cc(N)ccc12. The van der Waals surface area contributed by atoms with Gasteiger partial charge in [0, 0.05) is 29.5 Å². The summed E-state index contributed by atoms with van der Waals surface area (Å²) in [5, 5.41) is 4.73. The van der Waals surface area contributed by atoms with E-state index < -0.39 is 0 Å². The van der Waals surface area contributed by atoms with Gasteiger partial charge in [-0.2, -0.15) is 0 Å². The highest BCUT2D eigenvalue weighted by atomic mass is 14.9. The lowest BCUT2D eigenvalue weighted by Crippen LogP contribution is -2.23. The molecule has 1 aromatic carbocycles. The van der Waals surface area contributed by atoms with E-state index in [9.17, 15) is 0 Å². The van der Waals surface area contributed by atoms with E-state index >= 15 is 0 Å². The lowest BCUT2D eigenvalue weighted by Gasteiger charge is -2.26. The maximum absolute atomic E-state index is 5.82. The Kier molecular flexibility index (Phi) is 5.05. The van der Waals surface area contributed by atoms with Crippen LogP contribution in [0.25, 0.3) is 10.9 Å². The molecule has 0 aliphatic rings. The molecule has 0 bridgehead atoms. The van der Waals surface area contributed by atoms with Crippen molar-refractivity contribution < 1.29 is 0 Å². The van der Waals surface area contributed by atoms with Gasteiger partial charge in [0.05, 0.1) is 5.52 Å². The molecule has 1 heterocycles. The second kappa shape index (κ2) is 6.79. The summed E-state index contributed by atoms with van der Waals surface area (Å²) in [5.41, 5.74) is 8.98. The van der Waals surface area contributed by atoms with E-state index in [-0.39, 0.29) is 0 Å². The highest BCUT2D eigenvalue weighted by Crippen LogP contribution is 2.27. The zero-order valence-electron chi connectivity index (χ0n) is 13.4. The fourth-order valence-corrected chi connectivity index (χ4v) is 2.60. The number of anilines is 2. The van der Waals surface area contributed by atoms with Crippen LogP contribution < -0.4 is 11.1 Å². The number of hydrogen-bond acceptors (Lipinski definition) is 3. The number of hydrogen-bond donors (Lipinski definition) is 2. The van der Waals surface area contributed by atoms with Crippen LogP contribution in [0.15, 0.2) is 30.5 Å². The van der Waals surface area contributed by atoms with Crippen molar-refractivity contribution in [3.63, 3.8) is 0 Å². The first-order valence-electron chi connectivity index (χ1n) is 7.90. The highest BCUT2D eigenvalue weighted by Gasteiger charge is 2.17. The standard InChI is InChI=1S/C18H27N3/c1-4-5-6-10-18(2,3)13-21-16-9-11-20-17-12-14(19)7-8-15(16)17/h7-9,11-12H,4-6,10,13,19H2,1-3H3,(H,20,21). The first-order chi connectivity index (χ1) is 10.0. The molecule has 0 atom stereocenters. The number of nitrogens with one attached hydrogen (secondary N) is 1. The first kappa shape index (κ1) is 15.6. The van der Waals surface area contributed by atoms with Gasteiger partial charge in [-0.25, -0.2) is 0 Å². The zero-order valence-corrected chi connectivity index (χ0v) is 13.4. The van der Waals surface area contributed by atoms with E-state index in [1.807, 2.05) is 30.5 Å². The number of rotatable bonds is 7.